The lowest BCUT2D eigenvalue weighted by Gasteiger charge is -2.11. The van der Waals surface area contributed by atoms with E-state index in [0.717, 1.165) is 11.5 Å². The zero-order valence-electron chi connectivity index (χ0n) is 15.5. The van der Waals surface area contributed by atoms with E-state index in [-0.39, 0.29) is 11.4 Å². The monoisotopic (exact) mass is 382 g/mol. The van der Waals surface area contributed by atoms with Gasteiger partial charge in [0.05, 0.1) is 10.6 Å². The Kier molecular flexibility index (Phi) is 6.81. The second-order valence-corrected chi connectivity index (χ2v) is 7.55. The number of aryl methyl sites for hydroxylation is 3. The number of hydrogen-bond acceptors (Lipinski definition) is 5. The second kappa shape index (κ2) is 8.86. The predicted octanol–water partition coefficient (Wildman–Crippen LogP) is 0.664. The maximum absolute atomic E-state index is 12.1. The number of aromatic nitrogens is 2. The van der Waals surface area contributed by atoms with Gasteiger partial charge in [-0.25, -0.2) is 23.1 Å². The highest BCUT2D eigenvalue weighted by molar-refractivity contribution is 7.89. The molecule has 10 heteroatoms. The van der Waals surface area contributed by atoms with Crippen LogP contribution in [0, 0.1) is 13.8 Å². The Morgan fingerprint density at radius 2 is 2.08 bits per heavy atom. The standard InChI is InChI=1S/C16H26N6O3S/c1-5-17-16(19-10-15-21-12(2)13(3)25-15)18-7-8-20-26(23,24)14-6-9-22(4)11-14/h6,9,11,20H,5,7-8,10H2,1-4H3,(H2,17,18,19). The molecule has 3 N–H and O–H groups in total. The second-order valence-electron chi connectivity index (χ2n) is 5.78. The Balaban J connectivity index is 1.85. The van der Waals surface area contributed by atoms with Gasteiger partial charge in [0, 0.05) is 39.1 Å². The first-order valence-corrected chi connectivity index (χ1v) is 9.87. The lowest BCUT2D eigenvalue weighted by Crippen LogP contribution is -2.41. The summed E-state index contributed by atoms with van der Waals surface area (Å²) in [6, 6.07) is 1.56. The van der Waals surface area contributed by atoms with E-state index < -0.39 is 10.0 Å². The van der Waals surface area contributed by atoms with Crippen molar-refractivity contribution in [2.75, 3.05) is 19.6 Å². The van der Waals surface area contributed by atoms with Crippen molar-refractivity contribution in [1.29, 1.82) is 0 Å². The van der Waals surface area contributed by atoms with Crippen LogP contribution in [0.1, 0.15) is 24.3 Å². The van der Waals surface area contributed by atoms with Crippen molar-refractivity contribution in [3.8, 4) is 0 Å². The van der Waals surface area contributed by atoms with E-state index >= 15 is 0 Å². The number of nitrogens with zero attached hydrogens (tertiary/aromatic N) is 3. The summed E-state index contributed by atoms with van der Waals surface area (Å²) in [6.07, 6.45) is 3.25. The first-order valence-electron chi connectivity index (χ1n) is 8.38. The topological polar surface area (TPSA) is 114 Å². The van der Waals surface area contributed by atoms with Crippen molar-refractivity contribution in [2.24, 2.45) is 12.0 Å². The van der Waals surface area contributed by atoms with Gasteiger partial charge in [-0.3, -0.25) is 0 Å². The Morgan fingerprint density at radius 3 is 2.65 bits per heavy atom. The molecule has 0 saturated heterocycles. The molecule has 26 heavy (non-hydrogen) atoms. The first-order chi connectivity index (χ1) is 12.3. The number of sulfonamides is 1. The van der Waals surface area contributed by atoms with E-state index in [1.54, 1.807) is 30.1 Å². The van der Waals surface area contributed by atoms with Crippen LogP contribution in [0.2, 0.25) is 0 Å². The van der Waals surface area contributed by atoms with E-state index in [2.05, 4.69) is 25.3 Å². The van der Waals surface area contributed by atoms with Crippen molar-refractivity contribution < 1.29 is 12.8 Å². The van der Waals surface area contributed by atoms with Gasteiger partial charge in [0.25, 0.3) is 0 Å². The molecule has 144 valence electrons. The number of hydrogen-bond donors (Lipinski definition) is 3. The summed E-state index contributed by atoms with van der Waals surface area (Å²) in [4.78, 5) is 8.92. The van der Waals surface area contributed by atoms with Crippen molar-refractivity contribution in [3.05, 3.63) is 35.8 Å². The van der Waals surface area contributed by atoms with Gasteiger partial charge in [-0.1, -0.05) is 0 Å². The number of aliphatic imine (C=N–C) groups is 1. The van der Waals surface area contributed by atoms with Crippen molar-refractivity contribution >= 4 is 16.0 Å². The molecule has 9 nitrogen and oxygen atoms in total. The zero-order valence-corrected chi connectivity index (χ0v) is 16.4. The molecule has 2 aromatic heterocycles. The van der Waals surface area contributed by atoms with Gasteiger partial charge in [0.2, 0.25) is 15.9 Å². The summed E-state index contributed by atoms with van der Waals surface area (Å²) in [5, 5.41) is 6.17. The van der Waals surface area contributed by atoms with Crippen LogP contribution in [-0.2, 0) is 23.6 Å². The molecule has 2 heterocycles. The fraction of sp³-hybridized carbons (Fsp3) is 0.500. The molecular weight excluding hydrogens is 356 g/mol. The summed E-state index contributed by atoms with van der Waals surface area (Å²) in [6.45, 7) is 7.31. The molecule has 0 aliphatic heterocycles. The van der Waals surface area contributed by atoms with Crippen molar-refractivity contribution in [3.63, 3.8) is 0 Å². The van der Waals surface area contributed by atoms with Gasteiger partial charge < -0.3 is 19.6 Å². The summed E-state index contributed by atoms with van der Waals surface area (Å²) in [5.74, 6) is 1.89. The number of guanidine groups is 1. The van der Waals surface area contributed by atoms with Crippen LogP contribution in [0.5, 0.6) is 0 Å². The minimum atomic E-state index is -3.50. The molecule has 0 spiro atoms. The van der Waals surface area contributed by atoms with E-state index in [1.165, 1.54) is 0 Å². The van der Waals surface area contributed by atoms with Crippen LogP contribution in [0.25, 0.3) is 0 Å². The average Bonchev–Trinajstić information content (AvgIpc) is 3.15. The largest absolute Gasteiger partial charge is 0.444 e. The van der Waals surface area contributed by atoms with E-state index in [9.17, 15) is 8.42 Å². The fourth-order valence-corrected chi connectivity index (χ4v) is 3.26. The van der Waals surface area contributed by atoms with Gasteiger partial charge in [0.1, 0.15) is 12.3 Å². The van der Waals surface area contributed by atoms with Gasteiger partial charge in [-0.2, -0.15) is 0 Å². The zero-order chi connectivity index (χ0) is 19.2. The minimum absolute atomic E-state index is 0.235. The average molecular weight is 382 g/mol. The molecule has 0 bridgehead atoms. The summed E-state index contributed by atoms with van der Waals surface area (Å²) in [5.41, 5.74) is 0.850. The lowest BCUT2D eigenvalue weighted by atomic mass is 10.4. The van der Waals surface area contributed by atoms with Gasteiger partial charge in [0.15, 0.2) is 5.96 Å². The van der Waals surface area contributed by atoms with Gasteiger partial charge in [-0.05, 0) is 26.8 Å². The van der Waals surface area contributed by atoms with Crippen LogP contribution in [0.15, 0.2) is 32.8 Å². The fourth-order valence-electron chi connectivity index (χ4n) is 2.18. The van der Waals surface area contributed by atoms with Crippen LogP contribution in [-0.4, -0.2) is 43.6 Å². The van der Waals surface area contributed by atoms with Crippen LogP contribution in [0.4, 0.5) is 0 Å². The highest BCUT2D eigenvalue weighted by Crippen LogP contribution is 2.09. The molecule has 0 aliphatic rings. The molecule has 0 aromatic carbocycles. The first kappa shape index (κ1) is 20.0. The third kappa shape index (κ3) is 5.60. The summed E-state index contributed by atoms with van der Waals surface area (Å²) < 4.78 is 34.0. The minimum Gasteiger partial charge on any atom is -0.444 e. The molecule has 0 saturated carbocycles. The Labute approximate surface area is 154 Å². The SMILES string of the molecule is CCNC(=NCc1nc(C)c(C)o1)NCCNS(=O)(=O)c1ccn(C)c1. The third-order valence-corrected chi connectivity index (χ3v) is 5.06. The molecule has 2 rings (SSSR count). The lowest BCUT2D eigenvalue weighted by molar-refractivity contribution is 0.473. The van der Waals surface area contributed by atoms with Crippen LogP contribution in [0.3, 0.4) is 0 Å². The Morgan fingerprint density at radius 1 is 1.31 bits per heavy atom. The quantitative estimate of drug-likeness (QED) is 0.351. The third-order valence-electron chi connectivity index (χ3n) is 3.61. The molecular formula is C16H26N6O3S. The molecule has 0 atom stereocenters. The molecule has 0 aliphatic carbocycles. The van der Waals surface area contributed by atoms with E-state index in [1.807, 2.05) is 20.8 Å². The van der Waals surface area contributed by atoms with E-state index in [0.29, 0.717) is 31.5 Å². The van der Waals surface area contributed by atoms with Crippen molar-refractivity contribution in [1.82, 2.24) is 24.9 Å². The van der Waals surface area contributed by atoms with Crippen LogP contribution < -0.4 is 15.4 Å². The normalized spacial score (nSPS) is 12.4. The predicted molar refractivity (Wildman–Crippen MR) is 99.4 cm³/mol. The maximum atomic E-state index is 12.1. The summed E-state index contributed by atoms with van der Waals surface area (Å²) in [7, 11) is -1.73. The highest BCUT2D eigenvalue weighted by atomic mass is 32.2. The van der Waals surface area contributed by atoms with E-state index in [4.69, 9.17) is 4.42 Å². The molecule has 0 fully saturated rings. The van der Waals surface area contributed by atoms with Crippen molar-refractivity contribution in [2.45, 2.75) is 32.2 Å². The molecule has 2 aromatic rings. The maximum Gasteiger partial charge on any atom is 0.242 e. The Hall–Kier alpha value is -2.33. The van der Waals surface area contributed by atoms with Crippen LogP contribution >= 0.6 is 0 Å². The molecule has 0 radical (unpaired) electrons. The molecule has 0 amide bonds. The smallest absolute Gasteiger partial charge is 0.242 e. The number of rotatable bonds is 8. The van der Waals surface area contributed by atoms with Gasteiger partial charge >= 0.3 is 0 Å². The number of nitrogens with one attached hydrogen (secondary N) is 3. The highest BCUT2D eigenvalue weighted by Gasteiger charge is 2.14. The summed E-state index contributed by atoms with van der Waals surface area (Å²) >= 11 is 0. The Bertz CT molecular complexity index is 834. The number of oxazole rings is 1. The van der Waals surface area contributed by atoms with Gasteiger partial charge in [-0.15, -0.1) is 0 Å². The molecule has 0 unspecified atom stereocenters.